The van der Waals surface area contributed by atoms with Crippen molar-refractivity contribution in [3.63, 3.8) is 0 Å². The minimum atomic E-state index is -4.51. The van der Waals surface area contributed by atoms with Crippen molar-refractivity contribution in [2.45, 2.75) is 396 Å². The molecule has 14 atom stereocenters. The molecule has 0 spiro atoms. The summed E-state index contributed by atoms with van der Waals surface area (Å²) in [6, 6.07) is -2.93. The second-order valence-corrected chi connectivity index (χ2v) is 28.2. The molecule has 20 nitrogen and oxygen atoms in total. The number of aliphatic hydroxyl groups excluding tert-OH is 6. The molecule has 530 valence electrons. The molecule has 21 heteroatoms. The van der Waals surface area contributed by atoms with E-state index in [1.807, 2.05) is 0 Å². The Morgan fingerprint density at radius 3 is 1.17 bits per heavy atom. The number of ether oxygens (including phenoxy) is 5. The van der Waals surface area contributed by atoms with Gasteiger partial charge in [0, 0.05) is 13.1 Å². The lowest BCUT2D eigenvalue weighted by Crippen LogP contribution is -2.66. The molecule has 0 aromatic carbocycles. The van der Waals surface area contributed by atoms with Gasteiger partial charge in [0.1, 0.15) is 30.4 Å². The molecule has 0 aliphatic carbocycles. The van der Waals surface area contributed by atoms with Crippen LogP contribution in [-0.2, 0) is 52.0 Å². The van der Waals surface area contributed by atoms with Gasteiger partial charge in [-0.15, -0.1) is 0 Å². The molecule has 2 aliphatic rings. The molecule has 0 aromatic rings. The van der Waals surface area contributed by atoms with E-state index in [-0.39, 0.29) is 19.3 Å². The average molecular weight is 1310 g/mol. The van der Waals surface area contributed by atoms with Gasteiger partial charge in [-0.3, -0.25) is 28.3 Å². The molecular weight excluding hydrogens is 1180 g/mol. The first-order valence-electron chi connectivity index (χ1n) is 36.2. The molecule has 2 aliphatic heterocycles. The molecule has 2 amide bonds. The van der Waals surface area contributed by atoms with E-state index in [9.17, 15) is 59.3 Å². The summed E-state index contributed by atoms with van der Waals surface area (Å²) in [5.74, 6) is -3.10. The van der Waals surface area contributed by atoms with Crippen LogP contribution in [0.15, 0.2) is 0 Å². The lowest BCUT2D eigenvalue weighted by Gasteiger charge is -2.45. The Bertz CT molecular complexity index is 1850. The third-order valence-corrected chi connectivity index (χ3v) is 18.1. The van der Waals surface area contributed by atoms with E-state index in [4.69, 9.17) is 28.2 Å². The maximum atomic E-state index is 13.9. The summed E-state index contributed by atoms with van der Waals surface area (Å²) in [5, 5.41) is 72.3. The molecule has 0 aromatic heterocycles. The van der Waals surface area contributed by atoms with Crippen LogP contribution in [0.3, 0.4) is 0 Å². The number of unbranched alkanes of at least 4 members (excludes halogenated alkanes) is 32. The van der Waals surface area contributed by atoms with Crippen LogP contribution in [0.1, 0.15) is 317 Å². The minimum absolute atomic E-state index is 0.110. The van der Waals surface area contributed by atoms with E-state index in [0.29, 0.717) is 44.9 Å². The van der Waals surface area contributed by atoms with Crippen molar-refractivity contribution in [1.29, 1.82) is 0 Å². The summed E-state index contributed by atoms with van der Waals surface area (Å²) in [6.07, 6.45) is 23.2. The van der Waals surface area contributed by atoms with Crippen LogP contribution in [0.4, 0.5) is 0 Å². The number of carbonyl (C=O) groups is 4. The monoisotopic (exact) mass is 1310 g/mol. The van der Waals surface area contributed by atoms with E-state index in [0.717, 1.165) is 116 Å². The van der Waals surface area contributed by atoms with Crippen LogP contribution in [-0.4, -0.2) is 159 Å². The highest BCUT2D eigenvalue weighted by Gasteiger charge is 2.52. The van der Waals surface area contributed by atoms with Crippen LogP contribution >= 0.6 is 7.60 Å². The zero-order valence-electron chi connectivity index (χ0n) is 56.8. The van der Waals surface area contributed by atoms with E-state index in [2.05, 4.69) is 38.3 Å². The molecule has 0 radical (unpaired) electrons. The number of rotatable bonds is 58. The van der Waals surface area contributed by atoms with Crippen molar-refractivity contribution in [1.82, 2.24) is 10.6 Å². The van der Waals surface area contributed by atoms with Crippen molar-refractivity contribution in [2.75, 3.05) is 19.9 Å². The zero-order valence-corrected chi connectivity index (χ0v) is 57.7. The van der Waals surface area contributed by atoms with Crippen LogP contribution < -0.4 is 10.6 Å². The Labute approximate surface area is 543 Å². The maximum absolute atomic E-state index is 13.9. The van der Waals surface area contributed by atoms with Gasteiger partial charge in [0.05, 0.1) is 69.4 Å². The fourth-order valence-electron chi connectivity index (χ4n) is 12.2. The van der Waals surface area contributed by atoms with Gasteiger partial charge in [-0.05, 0) is 25.7 Å². The fourth-order valence-corrected chi connectivity index (χ4v) is 12.7. The molecule has 2 rings (SSSR count). The molecule has 9 N–H and O–H groups in total. The van der Waals surface area contributed by atoms with Gasteiger partial charge in [-0.1, -0.05) is 259 Å². The molecule has 2 saturated heterocycles. The number of hydrogen-bond donors (Lipinski definition) is 9. The predicted octanol–water partition coefficient (Wildman–Crippen LogP) is 12.5. The summed E-state index contributed by atoms with van der Waals surface area (Å²) in [6.45, 7) is 8.36. The van der Waals surface area contributed by atoms with Crippen molar-refractivity contribution in [2.24, 2.45) is 0 Å². The van der Waals surface area contributed by atoms with Gasteiger partial charge in [0.2, 0.25) is 11.8 Å². The lowest BCUT2D eigenvalue weighted by molar-refractivity contribution is -0.283. The van der Waals surface area contributed by atoms with Gasteiger partial charge >= 0.3 is 19.5 Å². The van der Waals surface area contributed by atoms with E-state index >= 15 is 0 Å². The predicted molar refractivity (Wildman–Crippen MR) is 351 cm³/mol. The van der Waals surface area contributed by atoms with E-state index in [1.54, 1.807) is 0 Å². The summed E-state index contributed by atoms with van der Waals surface area (Å²) in [7, 11) is -4.51. The third kappa shape index (κ3) is 41.5. The van der Waals surface area contributed by atoms with E-state index < -0.39 is 137 Å². The highest BCUT2D eigenvalue weighted by molar-refractivity contribution is 7.51. The summed E-state index contributed by atoms with van der Waals surface area (Å²) in [4.78, 5) is 65.8. The number of nitrogens with one attached hydrogen (secondary N) is 2. The number of carbonyl (C=O) groups excluding carboxylic acids is 4. The van der Waals surface area contributed by atoms with Crippen LogP contribution in [0.25, 0.3) is 0 Å². The topological polar surface area (TPSA) is 306 Å². The third-order valence-electron chi connectivity index (χ3n) is 17.5. The highest BCUT2D eigenvalue weighted by Crippen LogP contribution is 2.42. The molecule has 0 bridgehead atoms. The lowest BCUT2D eigenvalue weighted by atomic mass is 9.95. The molecule has 2 heterocycles. The minimum Gasteiger partial charge on any atom is -0.460 e. The van der Waals surface area contributed by atoms with Crippen molar-refractivity contribution in [3.8, 4) is 0 Å². The Morgan fingerprint density at radius 1 is 0.478 bits per heavy atom. The van der Waals surface area contributed by atoms with Crippen LogP contribution in [0, 0.1) is 0 Å². The normalized spacial score (nSPS) is 23.1. The van der Waals surface area contributed by atoms with Crippen molar-refractivity contribution < 1.29 is 87.5 Å². The Kier molecular flexibility index (Phi) is 49.2. The van der Waals surface area contributed by atoms with Gasteiger partial charge < -0.3 is 69.9 Å². The van der Waals surface area contributed by atoms with Gasteiger partial charge in [-0.2, -0.15) is 0 Å². The number of amides is 2. The second kappa shape index (κ2) is 52.9. The molecule has 2 fully saturated rings. The second-order valence-electron chi connectivity index (χ2n) is 26.4. The molecule has 6 unspecified atom stereocenters. The maximum Gasteiger partial charge on any atom is 0.327 e. The smallest absolute Gasteiger partial charge is 0.327 e. The van der Waals surface area contributed by atoms with Crippen LogP contribution in [0.5, 0.6) is 0 Å². The summed E-state index contributed by atoms with van der Waals surface area (Å²) < 4.78 is 49.2. The molecular formula is C69H131N2O18P. The quantitative estimate of drug-likeness (QED) is 0.0155. The summed E-state index contributed by atoms with van der Waals surface area (Å²) >= 11 is 0. The Morgan fingerprint density at radius 2 is 0.811 bits per heavy atom. The first kappa shape index (κ1) is 83.8. The van der Waals surface area contributed by atoms with Gasteiger partial charge in [0.25, 0.3) is 0 Å². The zero-order chi connectivity index (χ0) is 66.2. The fraction of sp³-hybridized carbons (Fsp3) is 0.942. The van der Waals surface area contributed by atoms with Crippen molar-refractivity contribution in [3.05, 3.63) is 0 Å². The number of aliphatic hydroxyl groups is 6. The largest absolute Gasteiger partial charge is 0.460 e. The number of esters is 2. The summed E-state index contributed by atoms with van der Waals surface area (Å²) in [5.41, 5.74) is 0. The molecule has 90 heavy (non-hydrogen) atoms. The Balaban J connectivity index is 2.39. The van der Waals surface area contributed by atoms with Crippen molar-refractivity contribution >= 4 is 31.3 Å². The van der Waals surface area contributed by atoms with Gasteiger partial charge in [-0.25, -0.2) is 0 Å². The average Bonchev–Trinajstić information content (AvgIpc) is 0.883. The standard InChI is InChI=1S/C69H131N2O18P/c1-6-10-14-18-22-26-30-34-38-42-53(73)46-60(77)70-64-58(86-62(79)48-55(75)44-40-36-32-28-24-20-16-12-8-3)50-57(51-72)85-68(64)84-52-59-66(81)67(88-63(80)49-56(76)45-41-37-33-29-25-21-17-13-9-4)65(69(87-59)89-90(5,82)83)71-61(78)47-54(74)43-39-35-31-27-23-19-15-11-7-2/h53-59,64-69,72-76,81H,6-52H2,1-5H3,(H,70,77)(H,71,78)(H,82,83)/t53-,54-,55-,56-,57?,58?,59?,64+,65+,66-,67?,68-,69?/m1/s1. The SMILES string of the molecule is CCCCCCCCCCC[C@@H](O)CC(=O)N[C@@H]1C(OP(C)(=O)O)OC(CO[C@@H]2OC(CO)CC(OC(=O)C[C@H](O)CCCCCCCCCCC)[C@@H]2NC(=O)C[C@H](O)CCCCCCCCCCC)[C@@H](O)C1OC(=O)C[C@H](O)CCCCCCCCCCC. The first-order valence-corrected chi connectivity index (χ1v) is 38.3. The molecule has 0 saturated carbocycles. The van der Waals surface area contributed by atoms with Crippen LogP contribution in [0.2, 0.25) is 0 Å². The Hall–Kier alpha value is -2.33. The number of hydrogen-bond acceptors (Lipinski definition) is 17. The van der Waals surface area contributed by atoms with E-state index in [1.165, 1.54) is 103 Å². The first-order chi connectivity index (χ1) is 43.3. The van der Waals surface area contributed by atoms with Gasteiger partial charge in [0.15, 0.2) is 18.7 Å². The highest BCUT2D eigenvalue weighted by atomic mass is 31.2.